The van der Waals surface area contributed by atoms with E-state index in [0.717, 1.165) is 5.57 Å². The minimum Gasteiger partial charge on any atom is -0.466 e. The molecule has 1 saturated carbocycles. The Morgan fingerprint density at radius 1 is 0.757 bits per heavy atom. The van der Waals surface area contributed by atoms with Crippen molar-refractivity contribution in [1.82, 2.24) is 0 Å². The number of rotatable bonds is 8. The lowest BCUT2D eigenvalue weighted by atomic mass is 9.85. The molecular formula is C29H58O5Si3. The molecule has 1 rings (SSSR count). The number of carbonyl (C=O) groups excluding carboxylic acids is 1. The van der Waals surface area contributed by atoms with Crippen molar-refractivity contribution in [3.63, 3.8) is 0 Å². The predicted molar refractivity (Wildman–Crippen MR) is 165 cm³/mol. The van der Waals surface area contributed by atoms with E-state index >= 15 is 0 Å². The van der Waals surface area contributed by atoms with Crippen molar-refractivity contribution in [1.29, 1.82) is 0 Å². The number of esters is 1. The second-order valence-electron chi connectivity index (χ2n) is 15.2. The highest BCUT2D eigenvalue weighted by atomic mass is 28.4. The minimum atomic E-state index is -2.10. The molecule has 0 aromatic heterocycles. The van der Waals surface area contributed by atoms with Crippen LogP contribution in [0.5, 0.6) is 0 Å². The average molecular weight is 571 g/mol. The van der Waals surface area contributed by atoms with Gasteiger partial charge >= 0.3 is 5.97 Å². The van der Waals surface area contributed by atoms with E-state index in [9.17, 15) is 4.79 Å². The van der Waals surface area contributed by atoms with Gasteiger partial charge in [0.2, 0.25) is 0 Å². The highest BCUT2D eigenvalue weighted by molar-refractivity contribution is 6.75. The third-order valence-corrected chi connectivity index (χ3v) is 22.7. The van der Waals surface area contributed by atoms with E-state index in [1.165, 1.54) is 12.7 Å². The molecule has 1 unspecified atom stereocenters. The molecule has 1 fully saturated rings. The fraction of sp³-hybridized carbons (Fsp3) is 0.828. The first-order chi connectivity index (χ1) is 16.3. The summed E-state index contributed by atoms with van der Waals surface area (Å²) >= 11 is 0. The van der Waals surface area contributed by atoms with Crippen molar-refractivity contribution < 1.29 is 22.8 Å². The summed E-state index contributed by atoms with van der Waals surface area (Å²) in [5.41, 5.74) is 2.21. The number of carbonyl (C=O) groups is 1. The summed E-state index contributed by atoms with van der Waals surface area (Å²) in [6.45, 7) is 34.7. The molecule has 1 aliphatic carbocycles. The lowest BCUT2D eigenvalue weighted by molar-refractivity contribution is -0.134. The molecule has 0 radical (unpaired) electrons. The topological polar surface area (TPSA) is 54.0 Å². The SMILES string of the molecule is COC(=O)/C=C1\CC(O[Si](C)(C)C(C)(C)C)C(=CCO[Si](C)(C)C(C)(C)C)[C@H](O[Si](C)(C)C(C)(C)C)C1. The summed E-state index contributed by atoms with van der Waals surface area (Å²) < 4.78 is 25.7. The number of hydrogen-bond donors (Lipinski definition) is 0. The maximum atomic E-state index is 12.2. The summed E-state index contributed by atoms with van der Waals surface area (Å²) in [5, 5.41) is 0.271. The van der Waals surface area contributed by atoms with E-state index in [-0.39, 0.29) is 33.3 Å². The third-order valence-electron chi connectivity index (χ3n) is 9.22. The van der Waals surface area contributed by atoms with Crippen molar-refractivity contribution in [2.45, 2.75) is 142 Å². The van der Waals surface area contributed by atoms with Gasteiger partial charge in [-0.15, -0.1) is 0 Å². The number of hydrogen-bond acceptors (Lipinski definition) is 5. The van der Waals surface area contributed by atoms with Crippen LogP contribution in [0.3, 0.4) is 0 Å². The monoisotopic (exact) mass is 570 g/mol. The van der Waals surface area contributed by atoms with Crippen LogP contribution in [0.2, 0.25) is 54.4 Å². The Balaban J connectivity index is 3.59. The number of methoxy groups -OCH3 is 1. The van der Waals surface area contributed by atoms with Gasteiger partial charge in [0.1, 0.15) is 0 Å². The van der Waals surface area contributed by atoms with Crippen LogP contribution in [0, 0.1) is 0 Å². The molecule has 8 heteroatoms. The lowest BCUT2D eigenvalue weighted by Crippen LogP contribution is -2.50. The van der Waals surface area contributed by atoms with Crippen molar-refractivity contribution in [3.05, 3.63) is 23.3 Å². The van der Waals surface area contributed by atoms with E-state index in [1.54, 1.807) is 6.08 Å². The third kappa shape index (κ3) is 9.28. The standard InChI is InChI=1S/C29H58O5Si3/c1-27(2,3)35(11,12)32-18-17-23-24(33-36(13,14)28(4,5)6)19-22(21-26(30)31-10)20-25(23)34-37(15,16)29(7,8)9/h17,21,24-25H,18-20H2,1-16H3/b22-21-,23-17?/t24-,25?/m1/s1. The molecule has 0 aromatic rings. The van der Waals surface area contributed by atoms with Gasteiger partial charge in [-0.2, -0.15) is 0 Å². The Bertz CT molecular complexity index is 810. The molecule has 0 bridgehead atoms. The van der Waals surface area contributed by atoms with Crippen LogP contribution >= 0.6 is 0 Å². The molecule has 216 valence electrons. The summed E-state index contributed by atoms with van der Waals surface area (Å²) in [7, 11) is -4.69. The quantitative estimate of drug-likeness (QED) is 0.127. The Labute approximate surface area is 232 Å². The number of ether oxygens (including phenoxy) is 1. The van der Waals surface area contributed by atoms with Gasteiger partial charge in [-0.1, -0.05) is 74.0 Å². The van der Waals surface area contributed by atoms with Gasteiger partial charge in [0.05, 0.1) is 25.9 Å². The molecule has 0 saturated heterocycles. The molecule has 0 spiro atoms. The first-order valence-electron chi connectivity index (χ1n) is 13.8. The van der Waals surface area contributed by atoms with Crippen LogP contribution in [0.4, 0.5) is 0 Å². The highest BCUT2D eigenvalue weighted by Gasteiger charge is 2.46. The zero-order valence-corrected chi connectivity index (χ0v) is 30.0. The van der Waals surface area contributed by atoms with Gasteiger partial charge in [0, 0.05) is 6.08 Å². The predicted octanol–water partition coefficient (Wildman–Crippen LogP) is 8.61. The average Bonchev–Trinajstić information content (AvgIpc) is 2.66. The van der Waals surface area contributed by atoms with E-state index in [2.05, 4.69) is 108 Å². The molecule has 5 nitrogen and oxygen atoms in total. The van der Waals surface area contributed by atoms with Gasteiger partial charge in [-0.3, -0.25) is 0 Å². The van der Waals surface area contributed by atoms with Crippen LogP contribution in [-0.2, 0) is 22.8 Å². The van der Waals surface area contributed by atoms with Crippen LogP contribution in [0.1, 0.15) is 75.2 Å². The Hall–Kier alpha value is -0.519. The van der Waals surface area contributed by atoms with E-state index in [4.69, 9.17) is 18.0 Å². The highest BCUT2D eigenvalue weighted by Crippen LogP contribution is 2.45. The molecule has 0 aromatic carbocycles. The first-order valence-corrected chi connectivity index (χ1v) is 22.5. The Morgan fingerprint density at radius 2 is 1.14 bits per heavy atom. The maximum absolute atomic E-state index is 12.2. The van der Waals surface area contributed by atoms with E-state index < -0.39 is 25.0 Å². The lowest BCUT2D eigenvalue weighted by Gasteiger charge is -2.46. The fourth-order valence-electron chi connectivity index (χ4n) is 3.46. The molecule has 0 aliphatic heterocycles. The minimum absolute atomic E-state index is 0.0647. The van der Waals surface area contributed by atoms with Crippen LogP contribution in [0.15, 0.2) is 23.3 Å². The molecule has 37 heavy (non-hydrogen) atoms. The van der Waals surface area contributed by atoms with Gasteiger partial charge in [-0.05, 0) is 72.8 Å². The second kappa shape index (κ2) is 11.9. The smallest absolute Gasteiger partial charge is 0.330 e. The molecule has 0 heterocycles. The van der Waals surface area contributed by atoms with Gasteiger partial charge in [0.15, 0.2) is 25.0 Å². The Kier molecular flexibility index (Phi) is 11.1. The molecule has 1 aliphatic rings. The second-order valence-corrected chi connectivity index (χ2v) is 29.6. The largest absolute Gasteiger partial charge is 0.466 e. The van der Waals surface area contributed by atoms with Gasteiger partial charge < -0.3 is 18.0 Å². The van der Waals surface area contributed by atoms with Crippen LogP contribution in [-0.4, -0.2) is 56.8 Å². The molecular weight excluding hydrogens is 513 g/mol. The summed E-state index contributed by atoms with van der Waals surface area (Å²) in [5.74, 6) is -0.319. The molecule has 2 atom stereocenters. The molecule has 0 N–H and O–H groups in total. The van der Waals surface area contributed by atoms with Gasteiger partial charge in [0.25, 0.3) is 0 Å². The maximum Gasteiger partial charge on any atom is 0.330 e. The van der Waals surface area contributed by atoms with Crippen LogP contribution in [0.25, 0.3) is 0 Å². The summed E-state index contributed by atoms with van der Waals surface area (Å²) in [6.07, 6.45) is 4.93. The van der Waals surface area contributed by atoms with Crippen molar-refractivity contribution in [2.24, 2.45) is 0 Å². The first kappa shape index (κ1) is 34.5. The zero-order valence-electron chi connectivity index (χ0n) is 27.0. The zero-order chi connectivity index (χ0) is 29.3. The van der Waals surface area contributed by atoms with Crippen molar-refractivity contribution in [3.8, 4) is 0 Å². The summed E-state index contributed by atoms with van der Waals surface area (Å²) in [6, 6.07) is 0. The van der Waals surface area contributed by atoms with Crippen molar-refractivity contribution in [2.75, 3.05) is 13.7 Å². The van der Waals surface area contributed by atoms with Crippen LogP contribution < -0.4 is 0 Å². The van der Waals surface area contributed by atoms with E-state index in [1.807, 2.05) is 0 Å². The Morgan fingerprint density at radius 3 is 1.46 bits per heavy atom. The normalized spacial score (nSPS) is 23.0. The van der Waals surface area contributed by atoms with E-state index in [0.29, 0.717) is 19.4 Å². The van der Waals surface area contributed by atoms with Crippen molar-refractivity contribution >= 4 is 30.9 Å². The molecule has 0 amide bonds. The fourth-order valence-corrected chi connectivity index (χ4v) is 6.96. The summed E-state index contributed by atoms with van der Waals surface area (Å²) in [4.78, 5) is 12.2. The van der Waals surface area contributed by atoms with Gasteiger partial charge in [-0.25, -0.2) is 4.79 Å².